The number of likely N-dealkylation sites (tertiary alicyclic amines) is 1. The van der Waals surface area contributed by atoms with Gasteiger partial charge in [-0.2, -0.15) is 0 Å². The summed E-state index contributed by atoms with van der Waals surface area (Å²) in [6.07, 6.45) is 0. The van der Waals surface area contributed by atoms with Crippen molar-refractivity contribution in [3.63, 3.8) is 0 Å². The number of hydrogen-bond acceptors (Lipinski definition) is 2. The number of carbonyl (C=O) groups excluding carboxylic acids is 1. The summed E-state index contributed by atoms with van der Waals surface area (Å²) < 4.78 is 0. The van der Waals surface area contributed by atoms with E-state index in [2.05, 4.69) is 13.8 Å². The summed E-state index contributed by atoms with van der Waals surface area (Å²) in [4.78, 5) is 14.4. The van der Waals surface area contributed by atoms with Gasteiger partial charge >= 0.3 is 0 Å². The smallest absolute Gasteiger partial charge is 0.244 e. The van der Waals surface area contributed by atoms with Gasteiger partial charge in [0, 0.05) is 13.1 Å². The molecule has 1 amide bonds. The molecule has 1 heterocycles. The highest BCUT2D eigenvalue weighted by Crippen LogP contribution is 2.62. The highest BCUT2D eigenvalue weighted by atomic mass is 16.2. The van der Waals surface area contributed by atoms with Crippen LogP contribution in [0.1, 0.15) is 31.0 Å². The predicted molar refractivity (Wildman–Crippen MR) is 75.4 cm³/mol. The van der Waals surface area contributed by atoms with Crippen LogP contribution in [-0.4, -0.2) is 23.9 Å². The summed E-state index contributed by atoms with van der Waals surface area (Å²) in [5.74, 6) is 1.44. The van der Waals surface area contributed by atoms with E-state index in [9.17, 15) is 4.79 Å². The Balaban J connectivity index is 1.67. The van der Waals surface area contributed by atoms with E-state index in [-0.39, 0.29) is 5.91 Å². The van der Waals surface area contributed by atoms with Crippen LogP contribution in [0.5, 0.6) is 0 Å². The van der Waals surface area contributed by atoms with Gasteiger partial charge in [0.1, 0.15) is 6.04 Å². The van der Waals surface area contributed by atoms with Crippen LogP contribution in [0.3, 0.4) is 0 Å². The van der Waals surface area contributed by atoms with Gasteiger partial charge in [0.25, 0.3) is 0 Å². The van der Waals surface area contributed by atoms with Gasteiger partial charge in [-0.15, -0.1) is 0 Å². The minimum absolute atomic E-state index is 0.0758. The normalized spacial score (nSPS) is 28.9. The second-order valence-electron chi connectivity index (χ2n) is 6.67. The van der Waals surface area contributed by atoms with E-state index in [0.29, 0.717) is 17.3 Å². The third-order valence-electron chi connectivity index (χ3n) is 5.14. The fourth-order valence-corrected chi connectivity index (χ4v) is 3.42. The minimum atomic E-state index is -0.513. The van der Waals surface area contributed by atoms with Crippen LogP contribution in [-0.2, 0) is 4.79 Å². The molecule has 2 aliphatic rings. The summed E-state index contributed by atoms with van der Waals surface area (Å²) in [6, 6.07) is 7.42. The lowest BCUT2D eigenvalue weighted by Gasteiger charge is -2.25. The van der Waals surface area contributed by atoms with Gasteiger partial charge in [-0.1, -0.05) is 43.7 Å². The van der Waals surface area contributed by atoms with Crippen molar-refractivity contribution in [3.05, 3.63) is 35.4 Å². The topological polar surface area (TPSA) is 46.3 Å². The molecule has 3 unspecified atom stereocenters. The predicted octanol–water partition coefficient (Wildman–Crippen LogP) is 2.11. The molecule has 0 aromatic heterocycles. The van der Waals surface area contributed by atoms with Crippen molar-refractivity contribution >= 4 is 5.91 Å². The van der Waals surface area contributed by atoms with Crippen LogP contribution in [0.25, 0.3) is 0 Å². The van der Waals surface area contributed by atoms with Gasteiger partial charge in [-0.25, -0.2) is 0 Å². The largest absolute Gasteiger partial charge is 0.340 e. The Morgan fingerprint density at radius 1 is 1.26 bits per heavy atom. The molecular weight excluding hydrogens is 236 g/mol. The maximum Gasteiger partial charge on any atom is 0.244 e. The van der Waals surface area contributed by atoms with E-state index < -0.39 is 6.04 Å². The van der Waals surface area contributed by atoms with E-state index in [0.717, 1.165) is 18.7 Å². The second kappa shape index (κ2) is 4.07. The summed E-state index contributed by atoms with van der Waals surface area (Å²) >= 11 is 0. The zero-order valence-corrected chi connectivity index (χ0v) is 11.9. The lowest BCUT2D eigenvalue weighted by molar-refractivity contribution is -0.132. The van der Waals surface area contributed by atoms with Crippen LogP contribution < -0.4 is 5.73 Å². The monoisotopic (exact) mass is 258 g/mol. The maximum absolute atomic E-state index is 12.4. The molecule has 1 saturated heterocycles. The van der Waals surface area contributed by atoms with Gasteiger partial charge in [0.2, 0.25) is 5.91 Å². The van der Waals surface area contributed by atoms with Gasteiger partial charge in [-0.05, 0) is 29.7 Å². The Kier molecular flexibility index (Phi) is 2.72. The van der Waals surface area contributed by atoms with Crippen molar-refractivity contribution in [3.8, 4) is 0 Å². The van der Waals surface area contributed by atoms with Crippen molar-refractivity contribution in [1.29, 1.82) is 0 Å². The first-order chi connectivity index (χ1) is 8.91. The molecule has 102 valence electrons. The average Bonchev–Trinajstić information content (AvgIpc) is 2.79. The zero-order valence-electron chi connectivity index (χ0n) is 11.9. The Bertz CT molecular complexity index is 492. The average molecular weight is 258 g/mol. The van der Waals surface area contributed by atoms with E-state index in [4.69, 9.17) is 5.73 Å². The molecule has 3 heteroatoms. The number of hydrogen-bond donors (Lipinski definition) is 1. The molecule has 0 radical (unpaired) electrons. The summed E-state index contributed by atoms with van der Waals surface area (Å²) in [6.45, 7) is 8.40. The molecular formula is C16H22N2O. The number of piperidine rings is 1. The fraction of sp³-hybridized carbons (Fsp3) is 0.562. The molecule has 2 N–H and O–H groups in total. The van der Waals surface area contributed by atoms with Crippen molar-refractivity contribution in [2.75, 3.05) is 13.1 Å². The van der Waals surface area contributed by atoms with E-state index in [1.807, 2.05) is 36.1 Å². The first-order valence-electron chi connectivity index (χ1n) is 7.02. The van der Waals surface area contributed by atoms with Crippen molar-refractivity contribution < 1.29 is 4.79 Å². The highest BCUT2D eigenvalue weighted by Gasteiger charge is 2.62. The Morgan fingerprint density at radius 2 is 1.79 bits per heavy atom. The van der Waals surface area contributed by atoms with Crippen molar-refractivity contribution in [1.82, 2.24) is 4.90 Å². The lowest BCUT2D eigenvalue weighted by Crippen LogP contribution is -2.39. The maximum atomic E-state index is 12.4. The molecule has 1 aromatic carbocycles. The van der Waals surface area contributed by atoms with Crippen LogP contribution in [0.15, 0.2) is 24.3 Å². The number of carbonyl (C=O) groups is 1. The van der Waals surface area contributed by atoms with Crippen LogP contribution >= 0.6 is 0 Å². The highest BCUT2D eigenvalue weighted by molar-refractivity contribution is 5.83. The number of nitrogens with zero attached hydrogens (tertiary/aromatic N) is 1. The number of aryl methyl sites for hydroxylation is 1. The molecule has 0 bridgehead atoms. The quantitative estimate of drug-likeness (QED) is 0.883. The second-order valence-corrected chi connectivity index (χ2v) is 6.67. The molecule has 1 saturated carbocycles. The van der Waals surface area contributed by atoms with E-state index >= 15 is 0 Å². The van der Waals surface area contributed by atoms with E-state index in [1.54, 1.807) is 0 Å². The van der Waals surface area contributed by atoms with Crippen LogP contribution in [0, 0.1) is 24.2 Å². The molecule has 3 rings (SSSR count). The lowest BCUT2D eigenvalue weighted by atomic mass is 10.0. The molecule has 1 aliphatic heterocycles. The molecule has 19 heavy (non-hydrogen) atoms. The summed E-state index contributed by atoms with van der Waals surface area (Å²) in [7, 11) is 0. The van der Waals surface area contributed by atoms with Crippen LogP contribution in [0.2, 0.25) is 0 Å². The van der Waals surface area contributed by atoms with Gasteiger partial charge in [0.05, 0.1) is 0 Å². The number of fused-ring (bicyclic) bond motifs is 1. The molecule has 1 aliphatic carbocycles. The van der Waals surface area contributed by atoms with Crippen LogP contribution in [0.4, 0.5) is 0 Å². The van der Waals surface area contributed by atoms with Crippen molar-refractivity contribution in [2.24, 2.45) is 23.0 Å². The SMILES string of the molecule is Cc1ccc(C(N)C(=O)N2CC3C(C2)C3(C)C)cc1. The Hall–Kier alpha value is -1.35. The van der Waals surface area contributed by atoms with Crippen molar-refractivity contribution in [2.45, 2.75) is 26.8 Å². The number of nitrogens with two attached hydrogens (primary N) is 1. The Morgan fingerprint density at radius 3 is 2.32 bits per heavy atom. The third kappa shape index (κ3) is 1.96. The molecule has 2 fully saturated rings. The Labute approximate surface area is 114 Å². The molecule has 3 atom stereocenters. The van der Waals surface area contributed by atoms with Gasteiger partial charge < -0.3 is 10.6 Å². The molecule has 1 aromatic rings. The standard InChI is InChI=1S/C16H22N2O/c1-10-4-6-11(7-5-10)14(17)15(19)18-8-12-13(9-18)16(12,2)3/h4-7,12-14H,8-9,17H2,1-3H3. The zero-order chi connectivity index (χ0) is 13.8. The van der Waals surface area contributed by atoms with E-state index in [1.165, 1.54) is 5.56 Å². The first-order valence-corrected chi connectivity index (χ1v) is 7.02. The minimum Gasteiger partial charge on any atom is -0.340 e. The summed E-state index contributed by atoms with van der Waals surface area (Å²) in [5, 5.41) is 0. The molecule has 0 spiro atoms. The number of amides is 1. The number of rotatable bonds is 2. The summed E-state index contributed by atoms with van der Waals surface area (Å²) in [5.41, 5.74) is 8.64. The fourth-order valence-electron chi connectivity index (χ4n) is 3.42. The first kappa shape index (κ1) is 12.7. The van der Waals surface area contributed by atoms with Gasteiger partial charge in [0.15, 0.2) is 0 Å². The molecule has 3 nitrogen and oxygen atoms in total. The third-order valence-corrected chi connectivity index (χ3v) is 5.14. The van der Waals surface area contributed by atoms with Gasteiger partial charge in [-0.3, -0.25) is 4.79 Å². The number of benzene rings is 1.